The molecule has 2 aliphatic heterocycles. The Morgan fingerprint density at radius 2 is 1.67 bits per heavy atom. The Balaban J connectivity index is 1.67. The Hall–Kier alpha value is -4.69. The number of nitrogens with one attached hydrogen (secondary N) is 1. The molecule has 2 aliphatic rings. The van der Waals surface area contributed by atoms with Crippen LogP contribution in [0.2, 0.25) is 0 Å². The van der Waals surface area contributed by atoms with Crippen LogP contribution in [0.1, 0.15) is 33.5 Å². The molecule has 0 radical (unpaired) electrons. The molecule has 3 aromatic rings. The van der Waals surface area contributed by atoms with Gasteiger partial charge in [0.2, 0.25) is 5.91 Å². The van der Waals surface area contributed by atoms with Crippen molar-refractivity contribution in [2.75, 3.05) is 11.9 Å². The number of rotatable bonds is 4. The number of phenols is 2. The van der Waals surface area contributed by atoms with E-state index in [9.17, 15) is 19.8 Å². The van der Waals surface area contributed by atoms with Crippen molar-refractivity contribution in [1.82, 2.24) is 0 Å². The van der Waals surface area contributed by atoms with Gasteiger partial charge < -0.3 is 25.0 Å². The third kappa shape index (κ3) is 3.17. The van der Waals surface area contributed by atoms with Crippen molar-refractivity contribution in [1.29, 1.82) is 0 Å². The highest BCUT2D eigenvalue weighted by atomic mass is 16.6. The number of amides is 1. The van der Waals surface area contributed by atoms with E-state index in [-0.39, 0.29) is 41.9 Å². The van der Waals surface area contributed by atoms with E-state index < -0.39 is 11.6 Å². The maximum atomic E-state index is 12.9. The van der Waals surface area contributed by atoms with Gasteiger partial charge in [-0.25, -0.2) is 4.79 Å². The lowest BCUT2D eigenvalue weighted by Gasteiger charge is -2.36. The first-order chi connectivity index (χ1) is 15.9. The molecule has 0 bridgehead atoms. The highest BCUT2D eigenvalue weighted by molar-refractivity contribution is 5.99. The number of benzene rings is 3. The van der Waals surface area contributed by atoms with Crippen LogP contribution in [-0.4, -0.2) is 28.6 Å². The van der Waals surface area contributed by atoms with Crippen molar-refractivity contribution in [2.45, 2.75) is 12.0 Å². The second-order valence-corrected chi connectivity index (χ2v) is 7.55. The number of anilines is 1. The Labute approximate surface area is 186 Å². The molecule has 0 saturated carbocycles. The fourth-order valence-corrected chi connectivity index (χ4v) is 4.20. The highest BCUT2D eigenvalue weighted by Crippen LogP contribution is 2.57. The second kappa shape index (κ2) is 7.47. The van der Waals surface area contributed by atoms with Crippen LogP contribution in [0.4, 0.5) is 5.69 Å². The summed E-state index contributed by atoms with van der Waals surface area (Å²) in [6.07, 6.45) is -0.000220. The zero-order valence-corrected chi connectivity index (χ0v) is 17.0. The van der Waals surface area contributed by atoms with E-state index in [1.165, 1.54) is 24.3 Å². The Morgan fingerprint density at radius 3 is 2.30 bits per heavy atom. The van der Waals surface area contributed by atoms with Crippen LogP contribution in [0.3, 0.4) is 0 Å². The van der Waals surface area contributed by atoms with Gasteiger partial charge in [-0.3, -0.25) is 4.79 Å². The van der Waals surface area contributed by atoms with Gasteiger partial charge in [0.25, 0.3) is 0 Å². The third-order valence-corrected chi connectivity index (χ3v) is 5.56. The molecule has 10 nitrogen and oxygen atoms in total. The van der Waals surface area contributed by atoms with Crippen molar-refractivity contribution >= 4 is 17.6 Å². The van der Waals surface area contributed by atoms with E-state index in [4.69, 9.17) is 15.0 Å². The third-order valence-electron chi connectivity index (χ3n) is 5.56. The average molecular weight is 444 g/mol. The number of phenolic OH excluding ortho intramolecular Hbond substituents is 2. The Kier molecular flexibility index (Phi) is 4.58. The number of hydrogen-bond donors (Lipinski definition) is 3. The molecule has 5 rings (SSSR count). The van der Waals surface area contributed by atoms with E-state index in [1.54, 1.807) is 30.3 Å². The van der Waals surface area contributed by atoms with Crippen molar-refractivity contribution in [3.63, 3.8) is 0 Å². The number of carbonyl (C=O) groups is 2. The van der Waals surface area contributed by atoms with Crippen molar-refractivity contribution in [3.8, 4) is 23.0 Å². The number of carbonyl (C=O) groups excluding carboxylic acids is 2. The molecule has 0 aliphatic carbocycles. The van der Waals surface area contributed by atoms with Crippen LogP contribution in [0.25, 0.3) is 10.4 Å². The molecule has 0 atom stereocenters. The zero-order chi connectivity index (χ0) is 23.2. The summed E-state index contributed by atoms with van der Waals surface area (Å²) in [5, 5.41) is 26.1. The first-order valence-electron chi connectivity index (χ1n) is 9.96. The van der Waals surface area contributed by atoms with Gasteiger partial charge in [-0.15, -0.1) is 0 Å². The largest absolute Gasteiger partial charge is 0.508 e. The van der Waals surface area contributed by atoms with Crippen LogP contribution < -0.4 is 10.1 Å². The summed E-state index contributed by atoms with van der Waals surface area (Å²) in [6, 6.07) is 13.7. The normalized spacial score (nSPS) is 14.2. The van der Waals surface area contributed by atoms with Gasteiger partial charge in [-0.05, 0) is 48.0 Å². The highest BCUT2D eigenvalue weighted by Gasteiger charge is 2.53. The molecule has 3 N–H and O–H groups in total. The van der Waals surface area contributed by atoms with Gasteiger partial charge in [-0.2, -0.15) is 0 Å². The Bertz CT molecular complexity index is 1330. The van der Waals surface area contributed by atoms with E-state index in [1.807, 2.05) is 0 Å². The summed E-state index contributed by atoms with van der Waals surface area (Å²) in [7, 11) is 0. The minimum atomic E-state index is -1.41. The summed E-state index contributed by atoms with van der Waals surface area (Å²) in [5.41, 5.74) is 9.13. The van der Waals surface area contributed by atoms with E-state index >= 15 is 0 Å². The molecule has 1 spiro atoms. The summed E-state index contributed by atoms with van der Waals surface area (Å²) in [6.45, 7) is 0.0177. The van der Waals surface area contributed by atoms with Crippen molar-refractivity contribution < 1.29 is 29.3 Å². The van der Waals surface area contributed by atoms with Gasteiger partial charge in [0, 0.05) is 52.4 Å². The lowest BCUT2D eigenvalue weighted by molar-refractivity contribution is -0.116. The van der Waals surface area contributed by atoms with Crippen LogP contribution in [0.15, 0.2) is 59.7 Å². The van der Waals surface area contributed by atoms with E-state index in [0.717, 1.165) is 0 Å². The number of nitrogens with zero attached hydrogens (tertiary/aromatic N) is 3. The lowest BCUT2D eigenvalue weighted by Crippen LogP contribution is -2.33. The molecule has 33 heavy (non-hydrogen) atoms. The van der Waals surface area contributed by atoms with E-state index in [2.05, 4.69) is 15.3 Å². The average Bonchev–Trinajstić information content (AvgIpc) is 3.06. The summed E-state index contributed by atoms with van der Waals surface area (Å²) < 4.78 is 11.9. The predicted molar refractivity (Wildman–Crippen MR) is 115 cm³/mol. The minimum absolute atomic E-state index is 0.000220. The number of fused-ring (bicyclic) bond motifs is 6. The van der Waals surface area contributed by atoms with Gasteiger partial charge in [0.1, 0.15) is 23.0 Å². The van der Waals surface area contributed by atoms with Gasteiger partial charge >= 0.3 is 5.97 Å². The SMILES string of the molecule is [N-]=[N+]=NCCC(=O)Nc1ccc2c(c1)C1(OC2=O)c2ccc(O)cc2Oc2cc(O)ccc21. The first-order valence-corrected chi connectivity index (χ1v) is 9.96. The number of hydrogen-bond acceptors (Lipinski definition) is 7. The van der Waals surface area contributed by atoms with Gasteiger partial charge in [0.05, 0.1) is 5.56 Å². The van der Waals surface area contributed by atoms with Crippen molar-refractivity contribution in [2.24, 2.45) is 5.11 Å². The van der Waals surface area contributed by atoms with Gasteiger partial charge in [0.15, 0.2) is 5.60 Å². The summed E-state index contributed by atoms with van der Waals surface area (Å²) in [4.78, 5) is 27.8. The van der Waals surface area contributed by atoms with Crippen LogP contribution in [-0.2, 0) is 15.1 Å². The van der Waals surface area contributed by atoms with Crippen LogP contribution in [0, 0.1) is 0 Å². The molecule has 0 unspecified atom stereocenters. The second-order valence-electron chi connectivity index (χ2n) is 7.55. The monoisotopic (exact) mass is 444 g/mol. The van der Waals surface area contributed by atoms with E-state index in [0.29, 0.717) is 27.9 Å². The molecule has 0 aromatic heterocycles. The van der Waals surface area contributed by atoms with Crippen molar-refractivity contribution in [3.05, 3.63) is 87.3 Å². The minimum Gasteiger partial charge on any atom is -0.508 e. The topological polar surface area (TPSA) is 154 Å². The summed E-state index contributed by atoms with van der Waals surface area (Å²) in [5.74, 6) is -0.485. The lowest BCUT2D eigenvalue weighted by atomic mass is 9.77. The quantitative estimate of drug-likeness (QED) is 0.236. The molecule has 10 heteroatoms. The summed E-state index contributed by atoms with van der Waals surface area (Å²) >= 11 is 0. The molecule has 3 aromatic carbocycles. The molecule has 0 saturated heterocycles. The van der Waals surface area contributed by atoms with Gasteiger partial charge in [-0.1, -0.05) is 5.11 Å². The predicted octanol–water partition coefficient (Wildman–Crippen LogP) is 4.30. The molecule has 1 amide bonds. The molecule has 2 heterocycles. The molecule has 0 fully saturated rings. The first kappa shape index (κ1) is 20.2. The smallest absolute Gasteiger partial charge is 0.340 e. The number of azide groups is 1. The number of ether oxygens (including phenoxy) is 2. The standard InChI is InChI=1S/C23H16N4O6/c24-27-25-8-7-21(30)26-12-1-4-15-18(9-12)23(33-22(15)31)16-5-2-13(28)10-19(16)32-20-11-14(29)3-6-17(20)23/h1-6,9-11,28-29H,7-8H2,(H,26,30). The maximum Gasteiger partial charge on any atom is 0.340 e. The molecular formula is C23H16N4O6. The van der Waals surface area contributed by atoms with Crippen LogP contribution >= 0.6 is 0 Å². The van der Waals surface area contributed by atoms with Crippen LogP contribution in [0.5, 0.6) is 23.0 Å². The molecule has 164 valence electrons. The fraction of sp³-hybridized carbons (Fsp3) is 0.130. The number of aromatic hydroxyl groups is 2. The fourth-order valence-electron chi connectivity index (χ4n) is 4.20. The molecular weight excluding hydrogens is 428 g/mol. The zero-order valence-electron chi connectivity index (χ0n) is 17.0. The maximum absolute atomic E-state index is 12.9. The number of esters is 1. The Morgan fingerprint density at radius 1 is 1.00 bits per heavy atom.